The maximum atomic E-state index is 13.0. The number of carbonyl (C=O) groups is 2. The lowest BCUT2D eigenvalue weighted by Gasteiger charge is -2.30. The summed E-state index contributed by atoms with van der Waals surface area (Å²) in [5.41, 5.74) is -3.09. The minimum absolute atomic E-state index is 0.0540. The van der Waals surface area contributed by atoms with Crippen molar-refractivity contribution in [1.82, 2.24) is 4.90 Å². The van der Waals surface area contributed by atoms with Gasteiger partial charge in [-0.2, -0.15) is 26.3 Å². The number of benzene rings is 1. The molecule has 1 aromatic rings. The smallest absolute Gasteiger partial charge is 0.336 e. The molecule has 150 valence electrons. The van der Waals surface area contributed by atoms with E-state index in [1.807, 2.05) is 0 Å². The standard InChI is InChI=1S/C18H19F6NO2/c1-10(2)25(16(27)12-3-4-15(26)7-12)9-11-5-13(17(19,20)21)8-14(6-11)18(22,23)24/h5-6,8,10,12H,3-4,7,9H2,1-2H3. The molecular formula is C18H19F6NO2. The Labute approximate surface area is 152 Å². The van der Waals surface area contributed by atoms with E-state index in [1.54, 1.807) is 13.8 Å². The van der Waals surface area contributed by atoms with Gasteiger partial charge < -0.3 is 4.90 Å². The van der Waals surface area contributed by atoms with Crippen LogP contribution in [0, 0.1) is 5.92 Å². The van der Waals surface area contributed by atoms with E-state index < -0.39 is 47.9 Å². The average Bonchev–Trinajstić information content (AvgIpc) is 2.96. The van der Waals surface area contributed by atoms with Crippen LogP contribution in [0.1, 0.15) is 49.8 Å². The Hall–Kier alpha value is -2.06. The Morgan fingerprint density at radius 1 is 1.07 bits per heavy atom. The highest BCUT2D eigenvalue weighted by Crippen LogP contribution is 2.37. The van der Waals surface area contributed by atoms with Crippen molar-refractivity contribution in [3.63, 3.8) is 0 Å². The van der Waals surface area contributed by atoms with Gasteiger partial charge in [-0.05, 0) is 44.0 Å². The van der Waals surface area contributed by atoms with E-state index in [0.717, 1.165) is 0 Å². The van der Waals surface area contributed by atoms with Crippen LogP contribution < -0.4 is 0 Å². The predicted molar refractivity (Wildman–Crippen MR) is 84.5 cm³/mol. The van der Waals surface area contributed by atoms with Gasteiger partial charge >= 0.3 is 12.4 Å². The fourth-order valence-corrected chi connectivity index (χ4v) is 3.08. The molecule has 0 N–H and O–H groups in total. The summed E-state index contributed by atoms with van der Waals surface area (Å²) in [6.07, 6.45) is -9.24. The number of alkyl halides is 6. The Morgan fingerprint density at radius 3 is 1.96 bits per heavy atom. The minimum Gasteiger partial charge on any atom is -0.336 e. The van der Waals surface area contributed by atoms with E-state index in [0.29, 0.717) is 18.6 Å². The summed E-state index contributed by atoms with van der Waals surface area (Å²) >= 11 is 0. The molecule has 1 atom stereocenters. The van der Waals surface area contributed by atoms with Gasteiger partial charge in [0.1, 0.15) is 5.78 Å². The second-order valence-electron chi connectivity index (χ2n) is 6.95. The first-order valence-corrected chi connectivity index (χ1v) is 8.39. The first kappa shape index (κ1) is 21.2. The summed E-state index contributed by atoms with van der Waals surface area (Å²) in [6.45, 7) is 2.84. The molecule has 1 saturated carbocycles. The number of hydrogen-bond acceptors (Lipinski definition) is 2. The monoisotopic (exact) mass is 395 g/mol. The highest BCUT2D eigenvalue weighted by atomic mass is 19.4. The van der Waals surface area contributed by atoms with Gasteiger partial charge in [0.05, 0.1) is 11.1 Å². The normalized spacial score (nSPS) is 18.3. The van der Waals surface area contributed by atoms with Gasteiger partial charge in [-0.15, -0.1) is 0 Å². The number of nitrogens with zero attached hydrogens (tertiary/aromatic N) is 1. The van der Waals surface area contributed by atoms with E-state index in [-0.39, 0.29) is 30.3 Å². The molecule has 0 saturated heterocycles. The van der Waals surface area contributed by atoms with Crippen LogP contribution in [0.15, 0.2) is 18.2 Å². The van der Waals surface area contributed by atoms with Crippen LogP contribution in [-0.2, 0) is 28.5 Å². The van der Waals surface area contributed by atoms with Crippen molar-refractivity contribution < 1.29 is 35.9 Å². The zero-order valence-electron chi connectivity index (χ0n) is 14.7. The quantitative estimate of drug-likeness (QED) is 0.685. The number of halogens is 6. The zero-order chi connectivity index (χ0) is 20.6. The number of carbonyl (C=O) groups excluding carboxylic acids is 2. The molecule has 1 fully saturated rings. The molecule has 1 aliphatic rings. The third-order valence-electron chi connectivity index (χ3n) is 4.50. The third kappa shape index (κ3) is 5.23. The maximum absolute atomic E-state index is 13.0. The van der Waals surface area contributed by atoms with Crippen LogP contribution in [0.4, 0.5) is 26.3 Å². The van der Waals surface area contributed by atoms with Crippen LogP contribution in [-0.4, -0.2) is 22.6 Å². The van der Waals surface area contributed by atoms with Gasteiger partial charge in [0.2, 0.25) is 5.91 Å². The SMILES string of the molecule is CC(C)N(Cc1cc(C(F)(F)F)cc(C(F)(F)F)c1)C(=O)C1CCC(=O)C1. The Morgan fingerprint density at radius 2 is 1.59 bits per heavy atom. The Bertz CT molecular complexity index is 691. The lowest BCUT2D eigenvalue weighted by atomic mass is 10.0. The molecule has 0 radical (unpaired) electrons. The van der Waals surface area contributed by atoms with Crippen molar-refractivity contribution in [3.8, 4) is 0 Å². The summed E-state index contributed by atoms with van der Waals surface area (Å²) in [5, 5.41) is 0. The van der Waals surface area contributed by atoms with Gasteiger partial charge in [-0.1, -0.05) is 0 Å². The molecule has 1 aromatic carbocycles. The minimum atomic E-state index is -4.94. The molecule has 0 spiro atoms. The topological polar surface area (TPSA) is 37.4 Å². The molecular weight excluding hydrogens is 376 g/mol. The van der Waals surface area contributed by atoms with Crippen LogP contribution in [0.5, 0.6) is 0 Å². The predicted octanol–water partition coefficient (Wildman–Crippen LogP) is 4.83. The van der Waals surface area contributed by atoms with Gasteiger partial charge in [0.15, 0.2) is 0 Å². The van der Waals surface area contributed by atoms with E-state index in [2.05, 4.69) is 0 Å². The van der Waals surface area contributed by atoms with Crippen molar-refractivity contribution in [3.05, 3.63) is 34.9 Å². The number of Topliss-reactive ketones (excluding diaryl/α,β-unsaturated/α-hetero) is 1. The first-order chi connectivity index (χ1) is 12.3. The van der Waals surface area contributed by atoms with E-state index in [9.17, 15) is 35.9 Å². The molecule has 0 aromatic heterocycles. The second-order valence-corrected chi connectivity index (χ2v) is 6.95. The van der Waals surface area contributed by atoms with Gasteiger partial charge in [0.25, 0.3) is 0 Å². The van der Waals surface area contributed by atoms with E-state index in [4.69, 9.17) is 0 Å². The number of rotatable bonds is 4. The largest absolute Gasteiger partial charge is 0.416 e. The molecule has 0 aliphatic heterocycles. The van der Waals surface area contributed by atoms with Gasteiger partial charge in [0, 0.05) is 31.3 Å². The van der Waals surface area contributed by atoms with Gasteiger partial charge in [-0.25, -0.2) is 0 Å². The third-order valence-corrected chi connectivity index (χ3v) is 4.50. The summed E-state index contributed by atoms with van der Waals surface area (Å²) in [4.78, 5) is 25.2. The first-order valence-electron chi connectivity index (χ1n) is 8.39. The summed E-state index contributed by atoms with van der Waals surface area (Å²) < 4.78 is 78.0. The number of ketones is 1. The van der Waals surface area contributed by atoms with Crippen LogP contribution in [0.2, 0.25) is 0 Å². The molecule has 27 heavy (non-hydrogen) atoms. The molecule has 1 unspecified atom stereocenters. The fraction of sp³-hybridized carbons (Fsp3) is 0.556. The van der Waals surface area contributed by atoms with Crippen molar-refractivity contribution in [1.29, 1.82) is 0 Å². The van der Waals surface area contributed by atoms with Crippen molar-refractivity contribution in [2.75, 3.05) is 0 Å². The fourth-order valence-electron chi connectivity index (χ4n) is 3.08. The highest BCUT2D eigenvalue weighted by molar-refractivity contribution is 5.90. The molecule has 0 bridgehead atoms. The van der Waals surface area contributed by atoms with E-state index in [1.165, 1.54) is 4.90 Å². The summed E-state index contributed by atoms with van der Waals surface area (Å²) in [7, 11) is 0. The number of amides is 1. The van der Waals surface area contributed by atoms with Crippen molar-refractivity contribution >= 4 is 11.7 Å². The highest BCUT2D eigenvalue weighted by Gasteiger charge is 2.38. The molecule has 9 heteroatoms. The maximum Gasteiger partial charge on any atom is 0.416 e. The lowest BCUT2D eigenvalue weighted by Crippen LogP contribution is -2.40. The Balaban J connectivity index is 2.37. The lowest BCUT2D eigenvalue weighted by molar-refractivity contribution is -0.143. The molecule has 3 nitrogen and oxygen atoms in total. The molecule has 1 aliphatic carbocycles. The van der Waals surface area contributed by atoms with E-state index >= 15 is 0 Å². The van der Waals surface area contributed by atoms with Crippen molar-refractivity contribution in [2.45, 2.75) is 58.0 Å². The van der Waals surface area contributed by atoms with Crippen LogP contribution in [0.25, 0.3) is 0 Å². The molecule has 1 amide bonds. The molecule has 2 rings (SSSR count). The number of hydrogen-bond donors (Lipinski definition) is 0. The van der Waals surface area contributed by atoms with Crippen LogP contribution in [0.3, 0.4) is 0 Å². The average molecular weight is 395 g/mol. The van der Waals surface area contributed by atoms with Crippen molar-refractivity contribution in [2.24, 2.45) is 5.92 Å². The van der Waals surface area contributed by atoms with Gasteiger partial charge in [-0.3, -0.25) is 9.59 Å². The summed E-state index contributed by atoms with van der Waals surface area (Å²) in [5.74, 6) is -1.08. The summed E-state index contributed by atoms with van der Waals surface area (Å²) in [6, 6.07) is 0.855. The second kappa shape index (κ2) is 7.52. The van der Waals surface area contributed by atoms with Crippen LogP contribution >= 0.6 is 0 Å². The molecule has 0 heterocycles. The zero-order valence-corrected chi connectivity index (χ0v) is 14.7. The Kier molecular flexibility index (Phi) is 5.91.